The molecule has 1 aliphatic rings. The number of hydrogen-bond donors (Lipinski definition) is 2. The van der Waals surface area contributed by atoms with Gasteiger partial charge in [0, 0.05) is 5.56 Å². The molecule has 0 bridgehead atoms. The number of carboxylic acids is 1. The lowest BCUT2D eigenvalue weighted by Crippen LogP contribution is -2.11. The van der Waals surface area contributed by atoms with Crippen LogP contribution in [0.5, 0.6) is 5.75 Å². The lowest BCUT2D eigenvalue weighted by molar-refractivity contribution is 0.0696. The second kappa shape index (κ2) is 3.25. The fourth-order valence-corrected chi connectivity index (χ4v) is 2.02. The Morgan fingerprint density at radius 1 is 1.64 bits per heavy atom. The summed E-state index contributed by atoms with van der Waals surface area (Å²) in [7, 11) is 0. The van der Waals surface area contributed by atoms with Gasteiger partial charge in [0.1, 0.15) is 12.4 Å². The second-order valence-electron chi connectivity index (χ2n) is 3.10. The minimum atomic E-state index is -0.965. The van der Waals surface area contributed by atoms with E-state index in [1.807, 2.05) is 0 Å². The molecule has 3 N–H and O–H groups in total. The molecule has 74 valence electrons. The van der Waals surface area contributed by atoms with Crippen molar-refractivity contribution in [3.05, 3.63) is 27.7 Å². The third-order valence-electron chi connectivity index (χ3n) is 2.13. The molecular formula is C9H8BrNO3. The zero-order chi connectivity index (χ0) is 10.3. The Kier molecular flexibility index (Phi) is 2.20. The van der Waals surface area contributed by atoms with E-state index in [4.69, 9.17) is 15.6 Å². The van der Waals surface area contributed by atoms with Gasteiger partial charge < -0.3 is 15.6 Å². The number of aromatic carboxylic acids is 1. The normalized spacial score (nSPS) is 18.9. The molecule has 2 rings (SSSR count). The maximum atomic E-state index is 10.8. The zero-order valence-corrected chi connectivity index (χ0v) is 8.74. The van der Waals surface area contributed by atoms with Crippen molar-refractivity contribution in [3.8, 4) is 5.75 Å². The number of nitrogens with two attached hydrogens (primary N) is 1. The highest BCUT2D eigenvalue weighted by molar-refractivity contribution is 9.10. The van der Waals surface area contributed by atoms with E-state index in [0.29, 0.717) is 16.8 Å². The van der Waals surface area contributed by atoms with Crippen molar-refractivity contribution in [1.29, 1.82) is 0 Å². The first-order chi connectivity index (χ1) is 6.59. The van der Waals surface area contributed by atoms with Crippen molar-refractivity contribution in [2.45, 2.75) is 6.04 Å². The monoisotopic (exact) mass is 257 g/mol. The maximum Gasteiger partial charge on any atom is 0.335 e. The molecule has 1 aromatic carbocycles. The molecule has 1 aromatic rings. The molecule has 4 nitrogen and oxygen atoms in total. The highest BCUT2D eigenvalue weighted by Gasteiger charge is 2.24. The summed E-state index contributed by atoms with van der Waals surface area (Å²) in [6, 6.07) is 2.83. The molecule has 0 spiro atoms. The molecule has 0 saturated heterocycles. The van der Waals surface area contributed by atoms with Crippen LogP contribution in [0.3, 0.4) is 0 Å². The van der Waals surface area contributed by atoms with Crippen molar-refractivity contribution in [2.75, 3.05) is 6.61 Å². The SMILES string of the molecule is N[C@@H]1COc2c(Br)cc(C(=O)O)cc21. The largest absolute Gasteiger partial charge is 0.490 e. The van der Waals surface area contributed by atoms with Crippen LogP contribution in [-0.2, 0) is 0 Å². The average molecular weight is 258 g/mol. The van der Waals surface area contributed by atoms with Gasteiger partial charge in [-0.1, -0.05) is 0 Å². The predicted octanol–water partition coefficient (Wildman–Crippen LogP) is 1.54. The summed E-state index contributed by atoms with van der Waals surface area (Å²) in [5, 5.41) is 8.82. The summed E-state index contributed by atoms with van der Waals surface area (Å²) in [5.41, 5.74) is 6.71. The minimum absolute atomic E-state index is 0.219. The Bertz CT molecular complexity index is 405. The number of fused-ring (bicyclic) bond motifs is 1. The zero-order valence-electron chi connectivity index (χ0n) is 7.16. The Labute approximate surface area is 88.8 Å². The van der Waals surface area contributed by atoms with E-state index in [1.54, 1.807) is 6.07 Å². The standard InChI is InChI=1S/C9H8BrNO3/c10-6-2-4(9(12)13)1-5-7(11)3-14-8(5)6/h1-2,7H,3,11H2,(H,12,13)/t7-/m1/s1. The van der Waals surface area contributed by atoms with Crippen molar-refractivity contribution in [2.24, 2.45) is 5.73 Å². The summed E-state index contributed by atoms with van der Waals surface area (Å²) >= 11 is 3.25. The topological polar surface area (TPSA) is 72.5 Å². The number of hydrogen-bond acceptors (Lipinski definition) is 3. The first-order valence-electron chi connectivity index (χ1n) is 4.04. The summed E-state index contributed by atoms with van der Waals surface area (Å²) in [4.78, 5) is 10.8. The number of benzene rings is 1. The van der Waals surface area contributed by atoms with E-state index in [9.17, 15) is 4.79 Å². The number of carbonyl (C=O) groups is 1. The van der Waals surface area contributed by atoms with Gasteiger partial charge in [0.25, 0.3) is 0 Å². The third kappa shape index (κ3) is 1.38. The second-order valence-corrected chi connectivity index (χ2v) is 3.95. The molecule has 1 atom stereocenters. The number of carboxylic acid groups (broad SMARTS) is 1. The Morgan fingerprint density at radius 2 is 2.36 bits per heavy atom. The van der Waals surface area contributed by atoms with E-state index < -0.39 is 5.97 Å². The molecule has 0 radical (unpaired) electrons. The molecule has 5 heteroatoms. The first kappa shape index (κ1) is 9.48. The fraction of sp³-hybridized carbons (Fsp3) is 0.222. The van der Waals surface area contributed by atoms with Gasteiger partial charge >= 0.3 is 5.97 Å². The Morgan fingerprint density at radius 3 is 3.00 bits per heavy atom. The number of halogens is 1. The summed E-state index contributed by atoms with van der Waals surface area (Å²) < 4.78 is 5.95. The van der Waals surface area contributed by atoms with Crippen LogP contribution in [0.4, 0.5) is 0 Å². The summed E-state index contributed by atoms with van der Waals surface area (Å²) in [6.07, 6.45) is 0. The van der Waals surface area contributed by atoms with Crippen molar-refractivity contribution >= 4 is 21.9 Å². The van der Waals surface area contributed by atoms with Crippen LogP contribution in [0.25, 0.3) is 0 Å². The van der Waals surface area contributed by atoms with Crippen LogP contribution in [-0.4, -0.2) is 17.7 Å². The van der Waals surface area contributed by atoms with Gasteiger partial charge in [0.15, 0.2) is 0 Å². The first-order valence-corrected chi connectivity index (χ1v) is 4.84. The number of rotatable bonds is 1. The van der Waals surface area contributed by atoms with Crippen LogP contribution in [0.1, 0.15) is 22.0 Å². The van der Waals surface area contributed by atoms with Gasteiger partial charge in [-0.05, 0) is 28.1 Å². The quantitative estimate of drug-likeness (QED) is 0.801. The van der Waals surface area contributed by atoms with Gasteiger partial charge in [-0.25, -0.2) is 4.79 Å². The minimum Gasteiger partial charge on any atom is -0.490 e. The van der Waals surface area contributed by atoms with E-state index in [1.165, 1.54) is 6.07 Å². The van der Waals surface area contributed by atoms with E-state index in [0.717, 1.165) is 5.56 Å². The number of ether oxygens (including phenoxy) is 1. The predicted molar refractivity (Wildman–Crippen MR) is 53.5 cm³/mol. The van der Waals surface area contributed by atoms with Crippen LogP contribution in [0.2, 0.25) is 0 Å². The van der Waals surface area contributed by atoms with Gasteiger partial charge in [-0.3, -0.25) is 0 Å². The Balaban J connectivity index is 2.58. The highest BCUT2D eigenvalue weighted by Crippen LogP contribution is 2.38. The van der Waals surface area contributed by atoms with Crippen molar-refractivity contribution in [1.82, 2.24) is 0 Å². The third-order valence-corrected chi connectivity index (χ3v) is 2.72. The van der Waals surface area contributed by atoms with Crippen LogP contribution >= 0.6 is 15.9 Å². The lowest BCUT2D eigenvalue weighted by Gasteiger charge is -2.04. The van der Waals surface area contributed by atoms with Crippen LogP contribution in [0, 0.1) is 0 Å². The molecule has 14 heavy (non-hydrogen) atoms. The molecule has 0 aromatic heterocycles. The van der Waals surface area contributed by atoms with Crippen LogP contribution < -0.4 is 10.5 Å². The molecule has 0 aliphatic carbocycles. The summed E-state index contributed by atoms with van der Waals surface area (Å²) in [6.45, 7) is 0.400. The van der Waals surface area contributed by atoms with Crippen molar-refractivity contribution in [3.63, 3.8) is 0 Å². The summed E-state index contributed by atoms with van der Waals surface area (Å²) in [5.74, 6) is -0.310. The van der Waals surface area contributed by atoms with Crippen molar-refractivity contribution < 1.29 is 14.6 Å². The smallest absolute Gasteiger partial charge is 0.335 e. The molecule has 0 fully saturated rings. The lowest BCUT2D eigenvalue weighted by atomic mass is 10.1. The van der Waals surface area contributed by atoms with E-state index >= 15 is 0 Å². The molecule has 1 heterocycles. The average Bonchev–Trinajstić information content (AvgIpc) is 2.48. The van der Waals surface area contributed by atoms with Gasteiger partial charge in [-0.15, -0.1) is 0 Å². The molecule has 0 saturated carbocycles. The van der Waals surface area contributed by atoms with Gasteiger partial charge in [0.05, 0.1) is 16.1 Å². The maximum absolute atomic E-state index is 10.8. The Hall–Kier alpha value is -1.07. The molecular weight excluding hydrogens is 250 g/mol. The van der Waals surface area contributed by atoms with Gasteiger partial charge in [0.2, 0.25) is 0 Å². The van der Waals surface area contributed by atoms with E-state index in [2.05, 4.69) is 15.9 Å². The molecule has 1 aliphatic heterocycles. The van der Waals surface area contributed by atoms with Gasteiger partial charge in [-0.2, -0.15) is 0 Å². The fourth-order valence-electron chi connectivity index (χ4n) is 1.43. The van der Waals surface area contributed by atoms with Crippen LogP contribution in [0.15, 0.2) is 16.6 Å². The highest BCUT2D eigenvalue weighted by atomic mass is 79.9. The van der Waals surface area contributed by atoms with E-state index in [-0.39, 0.29) is 11.6 Å². The molecule has 0 unspecified atom stereocenters. The molecule has 0 amide bonds.